The first-order valence-electron chi connectivity index (χ1n) is 7.08. The molecule has 0 aliphatic heterocycles. The summed E-state index contributed by atoms with van der Waals surface area (Å²) < 4.78 is 5.06. The Morgan fingerprint density at radius 2 is 1.90 bits per heavy atom. The number of rotatable bonds is 7. The fourth-order valence-electron chi connectivity index (χ4n) is 2.16. The number of methoxy groups -OCH3 is 1. The van der Waals surface area contributed by atoms with Crippen molar-refractivity contribution in [2.24, 2.45) is 0 Å². The molecule has 3 nitrogen and oxygen atoms in total. The van der Waals surface area contributed by atoms with Gasteiger partial charge in [0.05, 0.1) is 7.11 Å². The largest absolute Gasteiger partial charge is 0.481 e. The summed E-state index contributed by atoms with van der Waals surface area (Å²) >= 11 is 0. The molecule has 0 fully saturated rings. The van der Waals surface area contributed by atoms with Crippen LogP contribution in [0.1, 0.15) is 24.5 Å². The average molecular weight is 270 g/mol. The first kappa shape index (κ1) is 14.5. The van der Waals surface area contributed by atoms with E-state index >= 15 is 0 Å². The molecular formula is C17H22N2O. The van der Waals surface area contributed by atoms with Crippen molar-refractivity contribution >= 4 is 0 Å². The van der Waals surface area contributed by atoms with Crippen LogP contribution in [0.4, 0.5) is 0 Å². The van der Waals surface area contributed by atoms with E-state index in [9.17, 15) is 0 Å². The van der Waals surface area contributed by atoms with E-state index in [2.05, 4.69) is 47.6 Å². The monoisotopic (exact) mass is 270 g/mol. The summed E-state index contributed by atoms with van der Waals surface area (Å²) in [5.74, 6) is 0.657. The average Bonchev–Trinajstić information content (AvgIpc) is 2.53. The van der Waals surface area contributed by atoms with E-state index in [1.165, 1.54) is 11.1 Å². The Balaban J connectivity index is 1.86. The molecule has 2 aromatic rings. The third kappa shape index (κ3) is 4.35. The molecule has 0 saturated heterocycles. The van der Waals surface area contributed by atoms with Gasteiger partial charge in [-0.3, -0.25) is 0 Å². The molecule has 1 atom stereocenters. The fraction of sp³-hybridized carbons (Fsp3) is 0.353. The van der Waals surface area contributed by atoms with Gasteiger partial charge in [0.2, 0.25) is 5.88 Å². The van der Waals surface area contributed by atoms with Crippen molar-refractivity contribution in [3.63, 3.8) is 0 Å². The van der Waals surface area contributed by atoms with Crippen LogP contribution < -0.4 is 10.1 Å². The third-order valence-electron chi connectivity index (χ3n) is 3.42. The van der Waals surface area contributed by atoms with Crippen LogP contribution in [0.15, 0.2) is 48.7 Å². The van der Waals surface area contributed by atoms with Crippen LogP contribution in [0, 0.1) is 0 Å². The smallest absolute Gasteiger partial charge is 0.212 e. The van der Waals surface area contributed by atoms with Crippen LogP contribution in [0.25, 0.3) is 0 Å². The predicted molar refractivity (Wildman–Crippen MR) is 81.9 cm³/mol. The normalized spacial score (nSPS) is 12.1. The number of ether oxygens (including phenoxy) is 1. The van der Waals surface area contributed by atoms with Crippen molar-refractivity contribution in [3.05, 3.63) is 59.8 Å². The van der Waals surface area contributed by atoms with E-state index in [0.29, 0.717) is 11.9 Å². The summed E-state index contributed by atoms with van der Waals surface area (Å²) in [6.07, 6.45) is 4.03. The molecule has 106 valence electrons. The highest BCUT2D eigenvalue weighted by Gasteiger charge is 2.07. The second kappa shape index (κ2) is 7.65. The highest BCUT2D eigenvalue weighted by molar-refractivity contribution is 5.18. The van der Waals surface area contributed by atoms with Crippen molar-refractivity contribution in [2.45, 2.75) is 32.4 Å². The number of benzene rings is 1. The minimum atomic E-state index is 0.486. The Morgan fingerprint density at radius 3 is 2.50 bits per heavy atom. The molecule has 1 heterocycles. The zero-order chi connectivity index (χ0) is 14.2. The molecule has 0 aliphatic rings. The molecule has 1 unspecified atom stereocenters. The summed E-state index contributed by atoms with van der Waals surface area (Å²) in [6.45, 7) is 3.05. The minimum Gasteiger partial charge on any atom is -0.481 e. The standard InChI is InChI=1S/C17H22N2O/c1-3-16(11-14-7-5-4-6-8-14)18-12-15-9-10-17(20-2)19-13-15/h4-10,13,16,18H,3,11-12H2,1-2H3. The van der Waals surface area contributed by atoms with Gasteiger partial charge >= 0.3 is 0 Å². The van der Waals surface area contributed by atoms with E-state index in [4.69, 9.17) is 4.74 Å². The Morgan fingerprint density at radius 1 is 1.10 bits per heavy atom. The molecule has 0 bridgehead atoms. The SMILES string of the molecule is CCC(Cc1ccccc1)NCc1ccc(OC)nc1. The Kier molecular flexibility index (Phi) is 5.56. The molecule has 0 saturated carbocycles. The van der Waals surface area contributed by atoms with Gasteiger partial charge in [-0.25, -0.2) is 4.98 Å². The van der Waals surface area contributed by atoms with Gasteiger partial charge in [-0.15, -0.1) is 0 Å². The number of aromatic nitrogens is 1. The van der Waals surface area contributed by atoms with Crippen LogP contribution >= 0.6 is 0 Å². The zero-order valence-electron chi connectivity index (χ0n) is 12.2. The minimum absolute atomic E-state index is 0.486. The highest BCUT2D eigenvalue weighted by atomic mass is 16.5. The zero-order valence-corrected chi connectivity index (χ0v) is 12.2. The van der Waals surface area contributed by atoms with E-state index in [-0.39, 0.29) is 0 Å². The second-order valence-electron chi connectivity index (χ2n) is 4.88. The molecule has 1 aromatic carbocycles. The molecule has 1 N–H and O–H groups in total. The maximum Gasteiger partial charge on any atom is 0.212 e. The number of pyridine rings is 1. The van der Waals surface area contributed by atoms with Gasteiger partial charge in [0.15, 0.2) is 0 Å². The van der Waals surface area contributed by atoms with Crippen molar-refractivity contribution < 1.29 is 4.74 Å². The van der Waals surface area contributed by atoms with Crippen LogP contribution in [0.5, 0.6) is 5.88 Å². The lowest BCUT2D eigenvalue weighted by Crippen LogP contribution is -2.30. The molecule has 2 rings (SSSR count). The first-order chi connectivity index (χ1) is 9.81. The molecule has 0 spiro atoms. The van der Waals surface area contributed by atoms with Gasteiger partial charge in [0.25, 0.3) is 0 Å². The Labute approximate surface area is 121 Å². The fourth-order valence-corrected chi connectivity index (χ4v) is 2.16. The summed E-state index contributed by atoms with van der Waals surface area (Å²) in [5, 5.41) is 3.59. The topological polar surface area (TPSA) is 34.1 Å². The van der Waals surface area contributed by atoms with Crippen LogP contribution in [0.2, 0.25) is 0 Å². The maximum atomic E-state index is 5.06. The van der Waals surface area contributed by atoms with Crippen LogP contribution in [0.3, 0.4) is 0 Å². The Bertz CT molecular complexity index is 496. The van der Waals surface area contributed by atoms with E-state index in [1.54, 1.807) is 7.11 Å². The second-order valence-corrected chi connectivity index (χ2v) is 4.88. The van der Waals surface area contributed by atoms with E-state index < -0.39 is 0 Å². The summed E-state index contributed by atoms with van der Waals surface area (Å²) in [6, 6.07) is 15.0. The summed E-state index contributed by atoms with van der Waals surface area (Å²) in [7, 11) is 1.63. The molecule has 0 aliphatic carbocycles. The van der Waals surface area contributed by atoms with Crippen molar-refractivity contribution in [1.82, 2.24) is 10.3 Å². The molecule has 0 radical (unpaired) electrons. The lowest BCUT2D eigenvalue weighted by atomic mass is 10.0. The molecular weight excluding hydrogens is 248 g/mol. The van der Waals surface area contributed by atoms with Gasteiger partial charge < -0.3 is 10.1 Å². The van der Waals surface area contributed by atoms with Crippen LogP contribution in [-0.2, 0) is 13.0 Å². The van der Waals surface area contributed by atoms with Crippen molar-refractivity contribution in [1.29, 1.82) is 0 Å². The van der Waals surface area contributed by atoms with Crippen molar-refractivity contribution in [2.75, 3.05) is 7.11 Å². The molecule has 20 heavy (non-hydrogen) atoms. The molecule has 1 aromatic heterocycles. The third-order valence-corrected chi connectivity index (χ3v) is 3.42. The van der Waals surface area contributed by atoms with E-state index in [1.807, 2.05) is 18.3 Å². The van der Waals surface area contributed by atoms with E-state index in [0.717, 1.165) is 19.4 Å². The number of hydrogen-bond donors (Lipinski definition) is 1. The lowest BCUT2D eigenvalue weighted by molar-refractivity contribution is 0.397. The Hall–Kier alpha value is -1.87. The summed E-state index contributed by atoms with van der Waals surface area (Å²) in [5.41, 5.74) is 2.55. The van der Waals surface area contributed by atoms with Gasteiger partial charge in [-0.05, 0) is 24.0 Å². The van der Waals surface area contributed by atoms with Gasteiger partial charge in [0, 0.05) is 24.8 Å². The first-order valence-corrected chi connectivity index (χ1v) is 7.08. The lowest BCUT2D eigenvalue weighted by Gasteiger charge is -2.17. The highest BCUT2D eigenvalue weighted by Crippen LogP contribution is 2.09. The number of hydrogen-bond acceptors (Lipinski definition) is 3. The maximum absolute atomic E-state index is 5.06. The molecule has 0 amide bonds. The predicted octanol–water partition coefficient (Wildman–Crippen LogP) is 3.20. The number of nitrogens with zero attached hydrogens (tertiary/aromatic N) is 1. The van der Waals surface area contributed by atoms with Gasteiger partial charge in [0.1, 0.15) is 0 Å². The summed E-state index contributed by atoms with van der Waals surface area (Å²) in [4.78, 5) is 4.22. The van der Waals surface area contributed by atoms with Crippen LogP contribution in [-0.4, -0.2) is 18.1 Å². The van der Waals surface area contributed by atoms with Gasteiger partial charge in [-0.1, -0.05) is 43.3 Å². The quantitative estimate of drug-likeness (QED) is 0.839. The van der Waals surface area contributed by atoms with Crippen molar-refractivity contribution in [3.8, 4) is 5.88 Å². The number of nitrogens with one attached hydrogen (secondary N) is 1. The molecule has 3 heteroatoms. The van der Waals surface area contributed by atoms with Gasteiger partial charge in [-0.2, -0.15) is 0 Å².